The maximum Gasteiger partial charge on any atom is 0.484 e. The van der Waals surface area contributed by atoms with Gasteiger partial charge in [0, 0.05) is 0 Å². The third-order valence-electron chi connectivity index (χ3n) is 0.967. The van der Waals surface area contributed by atoms with Gasteiger partial charge in [0.05, 0.1) is 12.5 Å². The second-order valence-electron chi connectivity index (χ2n) is 2.57. The number of carbonyl (C=O) groups is 1. The Morgan fingerprint density at radius 3 is 1.41 bits per heavy atom. The van der Waals surface area contributed by atoms with Crippen LogP contribution in [0.4, 0.5) is 26.3 Å². The second-order valence-corrected chi connectivity index (χ2v) is 4.77. The summed E-state index contributed by atoms with van der Waals surface area (Å²) >= 11 is 0. The summed E-state index contributed by atoms with van der Waals surface area (Å²) in [5.74, 6) is -3.01. The van der Waals surface area contributed by atoms with Crippen LogP contribution in [0, 0.1) is 0 Å². The van der Waals surface area contributed by atoms with Crippen LogP contribution in [0.15, 0.2) is 0 Å². The van der Waals surface area contributed by atoms with E-state index in [1.54, 1.807) is 0 Å². The summed E-state index contributed by atoms with van der Waals surface area (Å²) in [7, 11) is -1.43. The van der Waals surface area contributed by atoms with E-state index >= 15 is 0 Å². The van der Waals surface area contributed by atoms with Crippen LogP contribution in [-0.2, 0) is 20.2 Å². The van der Waals surface area contributed by atoms with Gasteiger partial charge in [-0.3, -0.25) is 0 Å². The molecule has 17 heavy (non-hydrogen) atoms. The number of halogens is 6. The zero-order valence-corrected chi connectivity index (χ0v) is 9.28. The quantitative estimate of drug-likeness (QED) is 0.171. The maximum absolute atomic E-state index is 11.7. The van der Waals surface area contributed by atoms with Crippen molar-refractivity contribution in [3.63, 3.8) is 0 Å². The van der Waals surface area contributed by atoms with E-state index in [-0.39, 0.29) is 0 Å². The lowest BCUT2D eigenvalue weighted by atomic mass is 10.7. The molecule has 0 rings (SSSR count). The predicted octanol–water partition coefficient (Wildman–Crippen LogP) is 0.0770. The molecular weight excluding hydrogens is 282 g/mol. The first-order chi connectivity index (χ1) is 7.34. The van der Waals surface area contributed by atoms with Gasteiger partial charge in [-0.15, -0.1) is 15.4 Å². The van der Waals surface area contributed by atoms with Crippen molar-refractivity contribution in [2.24, 2.45) is 0 Å². The minimum absolute atomic E-state index is 1.21. The molecule has 11 heteroatoms. The van der Waals surface area contributed by atoms with Gasteiger partial charge in [-0.05, 0) is 0 Å². The van der Waals surface area contributed by atoms with Crippen molar-refractivity contribution in [3.05, 3.63) is 0 Å². The predicted molar refractivity (Wildman–Crippen MR) is 46.4 cm³/mol. The molecule has 0 saturated carbocycles. The largest absolute Gasteiger partial charge is 0.542 e. The van der Waals surface area contributed by atoms with Gasteiger partial charge in [-0.1, -0.05) is 0 Å². The molecule has 1 N–H and O–H groups in total. The number of rotatable bonds is 0. The highest BCUT2D eigenvalue weighted by molar-refractivity contribution is 7.94. The summed E-state index contributed by atoms with van der Waals surface area (Å²) in [5, 5.41) is 15.4. The topological polar surface area (TPSA) is 69.6 Å². The molecule has 0 saturated heterocycles. The van der Waals surface area contributed by atoms with Crippen LogP contribution in [0.2, 0.25) is 0 Å². The standard InChI is InChI=1S/C4H7F3O2S.C2HF3O2/c1-10(2)3(9-8)4(5,6)7;3-2(4,5)1(6)7/h8H,1-2H3;(H,6,7). The molecule has 0 aromatic carbocycles. The molecule has 0 radical (unpaired) electrons. The van der Waals surface area contributed by atoms with E-state index < -0.39 is 33.9 Å². The third-order valence-corrected chi connectivity index (χ3v) is 2.11. The van der Waals surface area contributed by atoms with Crippen LogP contribution in [0.5, 0.6) is 0 Å². The van der Waals surface area contributed by atoms with Crippen molar-refractivity contribution in [2.45, 2.75) is 12.4 Å². The molecule has 0 aromatic heterocycles. The fourth-order valence-electron chi connectivity index (χ4n) is 0.387. The lowest BCUT2D eigenvalue weighted by Crippen LogP contribution is -2.37. The zero-order valence-electron chi connectivity index (χ0n) is 8.39. The summed E-state index contributed by atoms with van der Waals surface area (Å²) in [6, 6.07) is 0. The summed E-state index contributed by atoms with van der Waals surface area (Å²) in [5.41, 5.74) is 0. The Balaban J connectivity index is 0. The molecule has 0 aliphatic rings. The molecule has 104 valence electrons. The molecular formula is C6H8F6O4S. The summed E-state index contributed by atoms with van der Waals surface area (Å²) in [4.78, 5) is 12.0. The smallest absolute Gasteiger partial charge is 0.484 e. The Morgan fingerprint density at radius 1 is 1.12 bits per heavy atom. The Kier molecular flexibility index (Phi) is 7.43. The highest BCUT2D eigenvalue weighted by Crippen LogP contribution is 2.17. The highest BCUT2D eigenvalue weighted by atomic mass is 32.2. The number of carbonyl (C=O) groups excluding carboxylic acids is 1. The van der Waals surface area contributed by atoms with Gasteiger partial charge in [0.25, 0.3) is 0 Å². The Labute approximate surface area is 93.7 Å². The van der Waals surface area contributed by atoms with E-state index in [0.29, 0.717) is 0 Å². The van der Waals surface area contributed by atoms with Crippen LogP contribution in [0.1, 0.15) is 0 Å². The minimum Gasteiger partial charge on any atom is -0.542 e. The molecule has 4 nitrogen and oxygen atoms in total. The molecule has 0 aliphatic heterocycles. The van der Waals surface area contributed by atoms with Gasteiger partial charge in [0.2, 0.25) is 0 Å². The average Bonchev–Trinajstić information content (AvgIpc) is 2.00. The van der Waals surface area contributed by atoms with Crippen molar-refractivity contribution in [1.29, 1.82) is 0 Å². The number of thiol groups is 1. The first-order valence-electron chi connectivity index (χ1n) is 3.55. The van der Waals surface area contributed by atoms with Crippen molar-refractivity contribution >= 4 is 21.5 Å². The van der Waals surface area contributed by atoms with Gasteiger partial charge in [0.1, 0.15) is 5.97 Å². The lowest BCUT2D eigenvalue weighted by molar-refractivity contribution is -0.344. The maximum atomic E-state index is 11.7. The zero-order chi connectivity index (χ0) is 14.4. The van der Waals surface area contributed by atoms with Gasteiger partial charge in [-0.25, -0.2) is 5.26 Å². The van der Waals surface area contributed by atoms with E-state index in [1.165, 1.54) is 12.5 Å². The fourth-order valence-corrected chi connectivity index (χ4v) is 1.06. The van der Waals surface area contributed by atoms with Gasteiger partial charge < -0.3 is 9.90 Å². The molecule has 0 aliphatic carbocycles. The van der Waals surface area contributed by atoms with E-state index in [4.69, 9.17) is 15.2 Å². The van der Waals surface area contributed by atoms with Crippen molar-refractivity contribution < 1.29 is 46.4 Å². The van der Waals surface area contributed by atoms with Gasteiger partial charge in [0.15, 0.2) is 0 Å². The molecule has 0 spiro atoms. The average molecular weight is 290 g/mol. The Hall–Kier alpha value is -0.810. The first-order valence-corrected chi connectivity index (χ1v) is 5.78. The van der Waals surface area contributed by atoms with Crippen LogP contribution in [0.3, 0.4) is 0 Å². The fraction of sp³-hybridized carbons (Fsp3) is 0.667. The normalized spacial score (nSPS) is 11.9. The number of hydrogen-bond acceptors (Lipinski definition) is 4. The SMILES string of the molecule is C[SH+](C)=C(OO)C(F)(F)F.O=C([O-])C(F)(F)F. The summed E-state index contributed by atoms with van der Waals surface area (Å²) in [6.45, 7) is 0. The van der Waals surface area contributed by atoms with E-state index in [9.17, 15) is 26.3 Å². The molecule has 0 aromatic rings. The van der Waals surface area contributed by atoms with Crippen molar-refractivity contribution in [2.75, 3.05) is 12.5 Å². The Bertz CT molecular complexity index is 290. The molecule has 0 amide bonds. The van der Waals surface area contributed by atoms with Gasteiger partial charge in [-0.2, -0.15) is 26.3 Å². The van der Waals surface area contributed by atoms with E-state index in [0.717, 1.165) is 0 Å². The van der Waals surface area contributed by atoms with Crippen molar-refractivity contribution in [3.8, 4) is 0 Å². The number of aliphatic carboxylic acids is 1. The second kappa shape index (κ2) is 6.81. The number of hydrogen-bond donors (Lipinski definition) is 1. The molecule has 0 unspecified atom stereocenters. The molecule has 0 fully saturated rings. The number of alkyl halides is 6. The molecule has 0 heterocycles. The van der Waals surface area contributed by atoms with Crippen LogP contribution in [-0.4, -0.2) is 41.1 Å². The first kappa shape index (κ1) is 18.6. The monoisotopic (exact) mass is 290 g/mol. The van der Waals surface area contributed by atoms with Gasteiger partial charge >= 0.3 is 17.4 Å². The van der Waals surface area contributed by atoms with E-state index in [1.807, 2.05) is 0 Å². The number of carboxylic acids is 1. The highest BCUT2D eigenvalue weighted by Gasteiger charge is 2.41. The summed E-state index contributed by atoms with van der Waals surface area (Å²) < 4.78 is 66.5. The summed E-state index contributed by atoms with van der Waals surface area (Å²) in [6.07, 6.45) is -7.05. The van der Waals surface area contributed by atoms with E-state index in [2.05, 4.69) is 4.89 Å². The van der Waals surface area contributed by atoms with Crippen LogP contribution in [0.25, 0.3) is 0 Å². The molecule has 0 bridgehead atoms. The number of carboxylic acid groups (broad SMARTS) is 1. The van der Waals surface area contributed by atoms with Crippen LogP contribution < -0.4 is 5.11 Å². The third kappa shape index (κ3) is 8.94. The minimum atomic E-state index is -5.19. The lowest BCUT2D eigenvalue weighted by Gasteiger charge is -2.03. The van der Waals surface area contributed by atoms with Crippen molar-refractivity contribution in [1.82, 2.24) is 0 Å². The molecule has 0 atom stereocenters. The Morgan fingerprint density at radius 2 is 1.41 bits per heavy atom. The van der Waals surface area contributed by atoms with Crippen LogP contribution >= 0.6 is 0 Å².